The lowest BCUT2D eigenvalue weighted by Crippen LogP contribution is -2.41. The van der Waals surface area contributed by atoms with Crippen LogP contribution in [0.15, 0.2) is 60.4 Å². The smallest absolute Gasteiger partial charge is 0.251 e. The molecule has 1 aliphatic carbocycles. The zero-order valence-electron chi connectivity index (χ0n) is 21.6. The molecule has 3 aromatic rings. The van der Waals surface area contributed by atoms with Crippen LogP contribution >= 0.6 is 0 Å². The van der Waals surface area contributed by atoms with Gasteiger partial charge in [0.15, 0.2) is 0 Å². The highest BCUT2D eigenvalue weighted by Gasteiger charge is 2.35. The summed E-state index contributed by atoms with van der Waals surface area (Å²) in [6.45, 7) is 8.23. The van der Waals surface area contributed by atoms with Gasteiger partial charge in [-0.3, -0.25) is 14.4 Å². The number of carbonyl (C=O) groups excluding carboxylic acids is 1. The van der Waals surface area contributed by atoms with Crippen molar-refractivity contribution in [3.63, 3.8) is 0 Å². The number of anilines is 1. The average molecular weight is 495 g/mol. The highest BCUT2D eigenvalue weighted by atomic mass is 16.2. The Hall–Kier alpha value is -3.47. The fourth-order valence-corrected chi connectivity index (χ4v) is 6.26. The molecule has 3 aliphatic rings. The minimum atomic E-state index is -0.865. The normalized spacial score (nSPS) is 22.6. The Balaban J connectivity index is 1.12. The Bertz CT molecular complexity index is 1400. The number of carbonyl (C=O) groups is 1. The monoisotopic (exact) mass is 494 g/mol. The number of fused-ring (bicyclic) bond motifs is 2. The van der Waals surface area contributed by atoms with Crippen molar-refractivity contribution in [1.29, 1.82) is 5.26 Å². The van der Waals surface area contributed by atoms with Crippen LogP contribution in [0.3, 0.4) is 0 Å². The Morgan fingerprint density at radius 1 is 1.14 bits per heavy atom. The molecule has 0 saturated carbocycles. The van der Waals surface area contributed by atoms with Gasteiger partial charge in [0.1, 0.15) is 5.54 Å². The lowest BCUT2D eigenvalue weighted by Gasteiger charge is -2.35. The van der Waals surface area contributed by atoms with Crippen molar-refractivity contribution >= 4 is 22.4 Å². The third kappa shape index (κ3) is 4.35. The Labute approximate surface area is 218 Å². The van der Waals surface area contributed by atoms with Gasteiger partial charge in [0.2, 0.25) is 0 Å². The van der Waals surface area contributed by atoms with Crippen LogP contribution in [-0.2, 0) is 10.3 Å². The van der Waals surface area contributed by atoms with Gasteiger partial charge < -0.3 is 10.6 Å². The first-order chi connectivity index (χ1) is 17.9. The van der Waals surface area contributed by atoms with Crippen LogP contribution in [0, 0.1) is 17.2 Å². The van der Waals surface area contributed by atoms with Crippen molar-refractivity contribution in [3.8, 4) is 6.07 Å². The van der Waals surface area contributed by atoms with Gasteiger partial charge in [-0.25, -0.2) is 0 Å². The summed E-state index contributed by atoms with van der Waals surface area (Å²) in [4.78, 5) is 16.1. The summed E-state index contributed by atoms with van der Waals surface area (Å²) in [6.07, 6.45) is 10.0. The van der Waals surface area contributed by atoms with Crippen LogP contribution in [0.25, 0.3) is 10.8 Å². The van der Waals surface area contributed by atoms with E-state index >= 15 is 0 Å². The molecule has 2 atom stereocenters. The molecule has 0 bridgehead atoms. The summed E-state index contributed by atoms with van der Waals surface area (Å²) in [5, 5.41) is 22.3. The molecular weight excluding hydrogens is 460 g/mol. The molecule has 3 heterocycles. The van der Waals surface area contributed by atoms with E-state index < -0.39 is 5.54 Å². The van der Waals surface area contributed by atoms with Gasteiger partial charge in [-0.2, -0.15) is 10.4 Å². The molecule has 2 aliphatic heterocycles. The molecule has 1 aromatic heterocycles. The summed E-state index contributed by atoms with van der Waals surface area (Å²) in [6, 6.07) is 14.1. The van der Waals surface area contributed by atoms with Gasteiger partial charge in [0, 0.05) is 41.8 Å². The van der Waals surface area contributed by atoms with Crippen molar-refractivity contribution in [1.82, 2.24) is 20.0 Å². The molecular formula is C30H34N6O. The fourth-order valence-electron chi connectivity index (χ4n) is 6.26. The lowest BCUT2D eigenvalue weighted by atomic mass is 9.90. The summed E-state index contributed by atoms with van der Waals surface area (Å²) in [7, 11) is 0. The topological polar surface area (TPSA) is 86.0 Å². The van der Waals surface area contributed by atoms with E-state index in [1.807, 2.05) is 44.3 Å². The van der Waals surface area contributed by atoms with Crippen LogP contribution in [0.4, 0.5) is 5.69 Å². The van der Waals surface area contributed by atoms with E-state index in [2.05, 4.69) is 39.0 Å². The highest BCUT2D eigenvalue weighted by molar-refractivity contribution is 6.05. The van der Waals surface area contributed by atoms with E-state index in [9.17, 15) is 10.1 Å². The Morgan fingerprint density at radius 3 is 2.68 bits per heavy atom. The van der Waals surface area contributed by atoms with Gasteiger partial charge in [-0.1, -0.05) is 35.9 Å². The number of hydrogen-bond donors (Lipinski definition) is 2. The summed E-state index contributed by atoms with van der Waals surface area (Å²) in [5.41, 5.74) is 3.27. The number of amides is 1. The number of nitriles is 1. The predicted octanol–water partition coefficient (Wildman–Crippen LogP) is 4.38. The van der Waals surface area contributed by atoms with Crippen molar-refractivity contribution in [2.24, 2.45) is 5.92 Å². The highest BCUT2D eigenvalue weighted by Crippen LogP contribution is 2.36. The molecule has 2 N–H and O–H groups in total. The van der Waals surface area contributed by atoms with Crippen LogP contribution in [0.1, 0.15) is 50.2 Å². The van der Waals surface area contributed by atoms with Crippen molar-refractivity contribution in [2.45, 2.75) is 50.6 Å². The molecule has 2 unspecified atom stereocenters. The van der Waals surface area contributed by atoms with Crippen LogP contribution in [0.2, 0.25) is 0 Å². The molecule has 7 nitrogen and oxygen atoms in total. The van der Waals surface area contributed by atoms with E-state index in [0.29, 0.717) is 23.2 Å². The summed E-state index contributed by atoms with van der Waals surface area (Å²) >= 11 is 0. The van der Waals surface area contributed by atoms with E-state index in [-0.39, 0.29) is 5.91 Å². The minimum Gasteiger partial charge on any atom is -0.323 e. The quantitative estimate of drug-likeness (QED) is 0.514. The molecule has 6 rings (SSSR count). The Kier molecular flexibility index (Phi) is 6.10. The SMILES string of the molecule is CC(C)(C(=O)Nc1ccc(C#N)c2ccccc12)n1cc(C2CCN(C3C=C4CNCC4C3)CC2)cn1. The van der Waals surface area contributed by atoms with Gasteiger partial charge in [0.05, 0.1) is 17.8 Å². The van der Waals surface area contributed by atoms with Crippen molar-refractivity contribution < 1.29 is 4.79 Å². The molecule has 37 heavy (non-hydrogen) atoms. The van der Waals surface area contributed by atoms with E-state index in [1.165, 1.54) is 12.0 Å². The first-order valence-corrected chi connectivity index (χ1v) is 13.4. The van der Waals surface area contributed by atoms with Crippen LogP contribution < -0.4 is 10.6 Å². The molecule has 2 fully saturated rings. The number of hydrogen-bond acceptors (Lipinski definition) is 5. The number of likely N-dealkylation sites (tertiary alicyclic amines) is 1. The van der Waals surface area contributed by atoms with Gasteiger partial charge >= 0.3 is 0 Å². The second-order valence-electron chi connectivity index (χ2n) is 11.2. The van der Waals surface area contributed by atoms with Crippen molar-refractivity contribution in [3.05, 3.63) is 71.6 Å². The van der Waals surface area contributed by atoms with Gasteiger partial charge in [-0.15, -0.1) is 0 Å². The molecule has 0 spiro atoms. The van der Waals surface area contributed by atoms with Crippen LogP contribution in [-0.4, -0.2) is 52.8 Å². The maximum atomic E-state index is 13.4. The maximum absolute atomic E-state index is 13.4. The largest absolute Gasteiger partial charge is 0.323 e. The molecule has 7 heteroatoms. The molecule has 0 radical (unpaired) electrons. The number of aromatic nitrogens is 2. The Morgan fingerprint density at radius 2 is 1.92 bits per heavy atom. The second kappa shape index (κ2) is 9.44. The second-order valence-corrected chi connectivity index (χ2v) is 11.2. The summed E-state index contributed by atoms with van der Waals surface area (Å²) in [5.74, 6) is 1.08. The molecule has 2 saturated heterocycles. The van der Waals surface area contributed by atoms with E-state index in [4.69, 9.17) is 0 Å². The number of nitrogens with one attached hydrogen (secondary N) is 2. The third-order valence-electron chi connectivity index (χ3n) is 8.67. The number of benzene rings is 2. The predicted molar refractivity (Wildman–Crippen MR) is 145 cm³/mol. The molecule has 190 valence electrons. The molecule has 2 aromatic carbocycles. The fraction of sp³-hybridized carbons (Fsp3) is 0.433. The number of rotatable bonds is 5. The van der Waals surface area contributed by atoms with E-state index in [1.54, 1.807) is 22.4 Å². The van der Waals surface area contributed by atoms with Gasteiger partial charge in [0.25, 0.3) is 5.91 Å². The maximum Gasteiger partial charge on any atom is 0.251 e. The standard InChI is InChI=1S/C30H34N6O/c1-30(2,29(37)34-28-8-7-21(15-31)26-5-3-4-6-27(26)28)36-19-24(18-33-36)20-9-11-35(12-10-20)25-13-22-16-32-17-23(22)14-25/h3-8,13,18-20,23,25,32H,9-12,14,16-17H2,1-2H3,(H,34,37). The number of nitrogens with zero attached hydrogens (tertiary/aromatic N) is 4. The summed E-state index contributed by atoms with van der Waals surface area (Å²) < 4.78 is 1.80. The zero-order chi connectivity index (χ0) is 25.6. The number of piperidine rings is 1. The lowest BCUT2D eigenvalue weighted by molar-refractivity contribution is -0.123. The first-order valence-electron chi connectivity index (χ1n) is 13.4. The van der Waals surface area contributed by atoms with E-state index in [0.717, 1.165) is 55.7 Å². The molecule has 1 amide bonds. The zero-order valence-corrected chi connectivity index (χ0v) is 21.6. The average Bonchev–Trinajstić information content (AvgIpc) is 3.66. The van der Waals surface area contributed by atoms with Crippen LogP contribution in [0.5, 0.6) is 0 Å². The van der Waals surface area contributed by atoms with Crippen molar-refractivity contribution in [2.75, 3.05) is 31.5 Å². The minimum absolute atomic E-state index is 0.138. The van der Waals surface area contributed by atoms with Gasteiger partial charge in [-0.05, 0) is 75.7 Å². The third-order valence-corrected chi connectivity index (χ3v) is 8.67. The first kappa shape index (κ1) is 23.9.